The number of hydrogen-bond acceptors (Lipinski definition) is 6. The molecule has 0 amide bonds. The largest absolute Gasteiger partial charge is 0.480 e. The lowest BCUT2D eigenvalue weighted by molar-refractivity contribution is -0.139. The number of carboxylic acid groups (broad SMARTS) is 1. The van der Waals surface area contributed by atoms with Gasteiger partial charge in [0, 0.05) is 12.1 Å². The number of aliphatic carboxylic acids is 1. The molecule has 0 bridgehead atoms. The van der Waals surface area contributed by atoms with Gasteiger partial charge in [-0.15, -0.1) is 0 Å². The van der Waals surface area contributed by atoms with Gasteiger partial charge in [0.15, 0.2) is 0 Å². The Morgan fingerprint density at radius 2 is 2.00 bits per heavy atom. The molecule has 0 atom stereocenters. The summed E-state index contributed by atoms with van der Waals surface area (Å²) in [7, 11) is -2.55. The van der Waals surface area contributed by atoms with Crippen molar-refractivity contribution < 1.29 is 27.9 Å². The lowest BCUT2D eigenvalue weighted by Gasteiger charge is -2.42. The predicted molar refractivity (Wildman–Crippen MR) is 94.5 cm³/mol. The highest BCUT2D eigenvalue weighted by Gasteiger charge is 2.36. The van der Waals surface area contributed by atoms with E-state index in [1.807, 2.05) is 11.8 Å². The number of hydrogen-bond donors (Lipinski definition) is 2. The van der Waals surface area contributed by atoms with Crippen LogP contribution in [0.1, 0.15) is 35.7 Å². The SMILES string of the molecule is CCN(CC(=O)O)C1CC(NS(=O)(=O)c2cc(C(=O)OC)ccc2C)C1. The summed E-state index contributed by atoms with van der Waals surface area (Å²) in [6.45, 7) is 4.07. The van der Waals surface area contributed by atoms with Crippen LogP contribution in [0.5, 0.6) is 0 Å². The standard InChI is InChI=1S/C17H24N2O6S/c1-4-19(10-16(20)21)14-8-13(9-14)18-26(23,24)15-7-12(17(22)25-3)6-5-11(15)2/h5-7,13-14,18H,4,8-10H2,1-3H3,(H,20,21). The van der Waals surface area contributed by atoms with Gasteiger partial charge in [-0.25, -0.2) is 17.9 Å². The van der Waals surface area contributed by atoms with Gasteiger partial charge < -0.3 is 9.84 Å². The lowest BCUT2D eigenvalue weighted by atomic mass is 9.86. The van der Waals surface area contributed by atoms with Crippen LogP contribution in [-0.2, 0) is 19.6 Å². The Morgan fingerprint density at radius 3 is 2.54 bits per heavy atom. The molecule has 9 heteroatoms. The summed E-state index contributed by atoms with van der Waals surface area (Å²) in [5, 5.41) is 8.92. The van der Waals surface area contributed by atoms with E-state index < -0.39 is 22.0 Å². The zero-order valence-electron chi connectivity index (χ0n) is 15.1. The fourth-order valence-electron chi connectivity index (χ4n) is 3.07. The molecule has 0 saturated heterocycles. The fourth-order valence-corrected chi connectivity index (χ4v) is 4.60. The first-order chi connectivity index (χ1) is 12.2. The van der Waals surface area contributed by atoms with Crippen molar-refractivity contribution in [3.05, 3.63) is 29.3 Å². The third-order valence-electron chi connectivity index (χ3n) is 4.59. The van der Waals surface area contributed by atoms with E-state index in [-0.39, 0.29) is 29.1 Å². The Bertz CT molecular complexity index is 786. The highest BCUT2D eigenvalue weighted by molar-refractivity contribution is 7.89. The number of carbonyl (C=O) groups is 2. The molecule has 0 radical (unpaired) electrons. The normalized spacial score (nSPS) is 19.8. The van der Waals surface area contributed by atoms with Crippen LogP contribution >= 0.6 is 0 Å². The molecule has 2 N–H and O–H groups in total. The zero-order chi connectivity index (χ0) is 19.5. The van der Waals surface area contributed by atoms with Crippen LogP contribution in [-0.4, -0.2) is 62.6 Å². The fraction of sp³-hybridized carbons (Fsp3) is 0.529. The van der Waals surface area contributed by atoms with E-state index in [0.29, 0.717) is 24.9 Å². The molecule has 2 rings (SSSR count). The Hall–Kier alpha value is -1.97. The maximum absolute atomic E-state index is 12.7. The van der Waals surface area contributed by atoms with E-state index >= 15 is 0 Å². The topological polar surface area (TPSA) is 113 Å². The zero-order valence-corrected chi connectivity index (χ0v) is 15.9. The molecule has 0 heterocycles. The summed E-state index contributed by atoms with van der Waals surface area (Å²) in [5.41, 5.74) is 0.700. The molecule has 1 aromatic carbocycles. The second kappa shape index (κ2) is 8.15. The quantitative estimate of drug-likeness (QED) is 0.643. The number of esters is 1. The molecule has 1 aliphatic rings. The van der Waals surface area contributed by atoms with Gasteiger partial charge >= 0.3 is 11.9 Å². The number of benzene rings is 1. The molecule has 1 saturated carbocycles. The third-order valence-corrected chi connectivity index (χ3v) is 6.26. The second-order valence-electron chi connectivity index (χ2n) is 6.37. The smallest absolute Gasteiger partial charge is 0.337 e. The van der Waals surface area contributed by atoms with Crippen molar-refractivity contribution in [2.24, 2.45) is 0 Å². The van der Waals surface area contributed by atoms with Crippen molar-refractivity contribution in [1.82, 2.24) is 9.62 Å². The monoisotopic (exact) mass is 384 g/mol. The predicted octanol–water partition coefficient (Wildman–Crippen LogP) is 0.997. The highest BCUT2D eigenvalue weighted by atomic mass is 32.2. The minimum absolute atomic E-state index is 0.0433. The summed E-state index contributed by atoms with van der Waals surface area (Å²) in [6.07, 6.45) is 1.10. The molecule has 0 aromatic heterocycles. The summed E-state index contributed by atoms with van der Waals surface area (Å²) < 4.78 is 32.6. The van der Waals surface area contributed by atoms with Gasteiger partial charge in [-0.1, -0.05) is 13.0 Å². The number of aryl methyl sites for hydroxylation is 1. The van der Waals surface area contributed by atoms with Crippen LogP contribution in [0.3, 0.4) is 0 Å². The number of carbonyl (C=O) groups excluding carboxylic acids is 1. The Kier molecular flexibility index (Phi) is 6.38. The summed E-state index contributed by atoms with van der Waals surface area (Å²) in [5.74, 6) is -1.50. The Balaban J connectivity index is 2.07. The first-order valence-corrected chi connectivity index (χ1v) is 9.83. The number of rotatable bonds is 8. The first kappa shape index (κ1) is 20.3. The number of nitrogens with zero attached hydrogens (tertiary/aromatic N) is 1. The van der Waals surface area contributed by atoms with Gasteiger partial charge in [0.2, 0.25) is 10.0 Å². The third kappa shape index (κ3) is 4.60. The number of carboxylic acids is 1. The minimum Gasteiger partial charge on any atom is -0.480 e. The first-order valence-electron chi connectivity index (χ1n) is 8.35. The number of likely N-dealkylation sites (N-methyl/N-ethyl adjacent to an activating group) is 1. The second-order valence-corrected chi connectivity index (χ2v) is 8.05. The Labute approximate surface area is 153 Å². The molecule has 0 spiro atoms. The van der Waals surface area contributed by atoms with E-state index in [0.717, 1.165) is 0 Å². The van der Waals surface area contributed by atoms with Crippen LogP contribution in [0.2, 0.25) is 0 Å². The maximum atomic E-state index is 12.7. The highest BCUT2D eigenvalue weighted by Crippen LogP contribution is 2.28. The van der Waals surface area contributed by atoms with E-state index in [9.17, 15) is 18.0 Å². The van der Waals surface area contributed by atoms with Crippen molar-refractivity contribution >= 4 is 22.0 Å². The number of methoxy groups -OCH3 is 1. The molecule has 1 aromatic rings. The van der Waals surface area contributed by atoms with Crippen LogP contribution < -0.4 is 4.72 Å². The summed E-state index contributed by atoms with van der Waals surface area (Å²) >= 11 is 0. The van der Waals surface area contributed by atoms with Crippen LogP contribution in [0.15, 0.2) is 23.1 Å². The maximum Gasteiger partial charge on any atom is 0.337 e. The van der Waals surface area contributed by atoms with E-state index in [1.165, 1.54) is 19.2 Å². The lowest BCUT2D eigenvalue weighted by Crippen LogP contribution is -2.54. The van der Waals surface area contributed by atoms with Gasteiger partial charge in [0.25, 0.3) is 0 Å². The Morgan fingerprint density at radius 1 is 1.35 bits per heavy atom. The number of nitrogens with one attached hydrogen (secondary N) is 1. The van der Waals surface area contributed by atoms with Gasteiger partial charge in [0.1, 0.15) is 0 Å². The summed E-state index contributed by atoms with van der Waals surface area (Å²) in [4.78, 5) is 24.4. The van der Waals surface area contributed by atoms with E-state index in [4.69, 9.17) is 5.11 Å². The number of ether oxygens (including phenoxy) is 1. The van der Waals surface area contributed by atoms with E-state index in [2.05, 4.69) is 9.46 Å². The molecular formula is C17H24N2O6S. The van der Waals surface area contributed by atoms with Crippen LogP contribution in [0, 0.1) is 6.92 Å². The molecule has 26 heavy (non-hydrogen) atoms. The van der Waals surface area contributed by atoms with Gasteiger partial charge in [-0.05, 0) is 44.0 Å². The number of sulfonamides is 1. The van der Waals surface area contributed by atoms with Gasteiger partial charge in [0.05, 0.1) is 24.1 Å². The molecular weight excluding hydrogens is 360 g/mol. The van der Waals surface area contributed by atoms with Crippen LogP contribution in [0.4, 0.5) is 0 Å². The molecule has 0 aliphatic heterocycles. The van der Waals surface area contributed by atoms with Gasteiger partial charge in [-0.2, -0.15) is 0 Å². The van der Waals surface area contributed by atoms with Crippen molar-refractivity contribution in [3.8, 4) is 0 Å². The van der Waals surface area contributed by atoms with Crippen molar-refractivity contribution in [1.29, 1.82) is 0 Å². The molecule has 8 nitrogen and oxygen atoms in total. The van der Waals surface area contributed by atoms with Crippen LogP contribution in [0.25, 0.3) is 0 Å². The molecule has 0 unspecified atom stereocenters. The van der Waals surface area contributed by atoms with Crippen molar-refractivity contribution in [2.45, 2.75) is 43.7 Å². The van der Waals surface area contributed by atoms with E-state index in [1.54, 1.807) is 13.0 Å². The van der Waals surface area contributed by atoms with Crippen molar-refractivity contribution in [2.75, 3.05) is 20.2 Å². The van der Waals surface area contributed by atoms with Gasteiger partial charge in [-0.3, -0.25) is 9.69 Å². The average molecular weight is 384 g/mol. The van der Waals surface area contributed by atoms with Crippen molar-refractivity contribution in [3.63, 3.8) is 0 Å². The molecule has 1 fully saturated rings. The minimum atomic E-state index is -3.79. The molecule has 144 valence electrons. The summed E-state index contributed by atoms with van der Waals surface area (Å²) in [6, 6.07) is 4.18. The molecule has 1 aliphatic carbocycles. The average Bonchev–Trinajstić information content (AvgIpc) is 2.55.